The number of morpholine rings is 1. The minimum absolute atomic E-state index is 0.428. The van der Waals surface area contributed by atoms with Crippen molar-refractivity contribution in [2.75, 3.05) is 39.5 Å². The molecule has 4 heteroatoms. The second-order valence-electron chi connectivity index (χ2n) is 6.73. The number of likely N-dealkylation sites (tertiary alicyclic amines) is 1. The number of nitrogens with zero attached hydrogens (tertiary/aromatic N) is 2. The van der Waals surface area contributed by atoms with Crippen molar-refractivity contribution >= 4 is 0 Å². The molecule has 0 aromatic heterocycles. The average Bonchev–Trinajstić information content (AvgIpc) is 2.87. The molecular weight excluding hydrogens is 252 g/mol. The summed E-state index contributed by atoms with van der Waals surface area (Å²) in [5.74, 6) is 0. The molecule has 0 aromatic carbocycles. The number of rotatable bonds is 6. The zero-order valence-electron chi connectivity index (χ0n) is 13.7. The molecule has 2 fully saturated rings. The highest BCUT2D eigenvalue weighted by molar-refractivity contribution is 4.82. The molecule has 1 unspecified atom stereocenters. The largest absolute Gasteiger partial charge is 0.378 e. The Bertz CT molecular complexity index is 284. The van der Waals surface area contributed by atoms with E-state index in [2.05, 4.69) is 37.5 Å². The molecule has 2 aliphatic heterocycles. The van der Waals surface area contributed by atoms with E-state index in [1.54, 1.807) is 0 Å². The first-order valence-electron chi connectivity index (χ1n) is 8.26. The highest BCUT2D eigenvalue weighted by Gasteiger charge is 2.28. The Balaban J connectivity index is 1.74. The lowest BCUT2D eigenvalue weighted by Crippen LogP contribution is -2.51. The SMILES string of the molecule is CC(C)N1CCOCC1COC[C@H]1CCCN1C(C)C. The lowest BCUT2D eigenvalue weighted by atomic mass is 10.2. The van der Waals surface area contributed by atoms with Gasteiger partial charge < -0.3 is 9.47 Å². The third-order valence-corrected chi connectivity index (χ3v) is 4.64. The van der Waals surface area contributed by atoms with E-state index in [4.69, 9.17) is 9.47 Å². The molecule has 0 aromatic rings. The fourth-order valence-corrected chi connectivity index (χ4v) is 3.55. The lowest BCUT2D eigenvalue weighted by molar-refractivity contribution is -0.0608. The van der Waals surface area contributed by atoms with Crippen LogP contribution < -0.4 is 0 Å². The minimum Gasteiger partial charge on any atom is -0.378 e. The Morgan fingerprint density at radius 1 is 1.00 bits per heavy atom. The molecule has 2 saturated heterocycles. The van der Waals surface area contributed by atoms with Gasteiger partial charge in [-0.05, 0) is 47.1 Å². The van der Waals surface area contributed by atoms with Gasteiger partial charge in [0.2, 0.25) is 0 Å². The van der Waals surface area contributed by atoms with Crippen LogP contribution in [-0.4, -0.2) is 73.5 Å². The summed E-state index contributed by atoms with van der Waals surface area (Å²) < 4.78 is 11.7. The van der Waals surface area contributed by atoms with Crippen LogP contribution in [0.3, 0.4) is 0 Å². The Kier molecular flexibility index (Phi) is 6.27. The molecule has 0 N–H and O–H groups in total. The van der Waals surface area contributed by atoms with Crippen molar-refractivity contribution < 1.29 is 9.47 Å². The molecule has 0 bridgehead atoms. The summed E-state index contributed by atoms with van der Waals surface area (Å²) in [5, 5.41) is 0. The van der Waals surface area contributed by atoms with Gasteiger partial charge in [0.15, 0.2) is 0 Å². The van der Waals surface area contributed by atoms with Crippen LogP contribution in [0.5, 0.6) is 0 Å². The van der Waals surface area contributed by atoms with Crippen LogP contribution in [0.25, 0.3) is 0 Å². The maximum absolute atomic E-state index is 6.05. The summed E-state index contributed by atoms with van der Waals surface area (Å²) in [6, 6.07) is 2.26. The predicted molar refractivity (Wildman–Crippen MR) is 82.1 cm³/mol. The highest BCUT2D eigenvalue weighted by Crippen LogP contribution is 2.20. The first-order chi connectivity index (χ1) is 9.59. The zero-order chi connectivity index (χ0) is 14.5. The Labute approximate surface area is 124 Å². The number of hydrogen-bond acceptors (Lipinski definition) is 4. The van der Waals surface area contributed by atoms with Gasteiger partial charge in [0, 0.05) is 24.7 Å². The number of ether oxygens (including phenoxy) is 2. The van der Waals surface area contributed by atoms with E-state index < -0.39 is 0 Å². The van der Waals surface area contributed by atoms with E-state index in [0.717, 1.165) is 33.0 Å². The van der Waals surface area contributed by atoms with Gasteiger partial charge in [-0.2, -0.15) is 0 Å². The van der Waals surface area contributed by atoms with Gasteiger partial charge in [-0.1, -0.05) is 0 Å². The predicted octanol–water partition coefficient (Wildman–Crippen LogP) is 1.98. The van der Waals surface area contributed by atoms with E-state index in [1.807, 2.05) is 0 Å². The molecule has 0 saturated carbocycles. The summed E-state index contributed by atoms with van der Waals surface area (Å²) in [6.07, 6.45) is 2.60. The van der Waals surface area contributed by atoms with E-state index in [1.165, 1.54) is 19.4 Å². The smallest absolute Gasteiger partial charge is 0.0645 e. The van der Waals surface area contributed by atoms with Crippen LogP contribution in [-0.2, 0) is 9.47 Å². The maximum atomic E-state index is 6.05. The van der Waals surface area contributed by atoms with Gasteiger partial charge in [-0.25, -0.2) is 0 Å². The second kappa shape index (κ2) is 7.74. The fraction of sp³-hybridized carbons (Fsp3) is 1.00. The molecule has 0 aliphatic carbocycles. The molecule has 0 radical (unpaired) electrons. The van der Waals surface area contributed by atoms with Crippen molar-refractivity contribution in [1.29, 1.82) is 0 Å². The quantitative estimate of drug-likeness (QED) is 0.745. The minimum atomic E-state index is 0.428. The van der Waals surface area contributed by atoms with E-state index in [-0.39, 0.29) is 0 Å². The Morgan fingerprint density at radius 2 is 1.65 bits per heavy atom. The van der Waals surface area contributed by atoms with Crippen LogP contribution in [0.2, 0.25) is 0 Å². The third-order valence-electron chi connectivity index (χ3n) is 4.64. The lowest BCUT2D eigenvalue weighted by Gasteiger charge is -2.38. The Morgan fingerprint density at radius 3 is 2.35 bits per heavy atom. The molecule has 2 heterocycles. The van der Waals surface area contributed by atoms with Crippen LogP contribution in [0, 0.1) is 0 Å². The molecule has 2 atom stereocenters. The topological polar surface area (TPSA) is 24.9 Å². The van der Waals surface area contributed by atoms with Crippen molar-refractivity contribution in [3.63, 3.8) is 0 Å². The van der Waals surface area contributed by atoms with Crippen molar-refractivity contribution in [2.45, 2.75) is 64.7 Å². The molecule has 20 heavy (non-hydrogen) atoms. The summed E-state index contributed by atoms with van der Waals surface area (Å²) in [6.45, 7) is 14.7. The van der Waals surface area contributed by atoms with Gasteiger partial charge in [0.05, 0.1) is 32.5 Å². The van der Waals surface area contributed by atoms with Gasteiger partial charge in [-0.3, -0.25) is 9.80 Å². The summed E-state index contributed by atoms with van der Waals surface area (Å²) in [7, 11) is 0. The average molecular weight is 284 g/mol. The molecule has 2 aliphatic rings. The summed E-state index contributed by atoms with van der Waals surface area (Å²) in [4.78, 5) is 5.09. The van der Waals surface area contributed by atoms with Gasteiger partial charge in [0.1, 0.15) is 0 Å². The molecule has 4 nitrogen and oxygen atoms in total. The van der Waals surface area contributed by atoms with Gasteiger partial charge >= 0.3 is 0 Å². The standard InChI is InChI=1S/C16H32N2O2/c1-13(2)17-7-5-6-15(17)10-20-12-16-11-19-9-8-18(16)14(3)4/h13-16H,5-12H2,1-4H3/t15-,16?/m1/s1. The highest BCUT2D eigenvalue weighted by atomic mass is 16.5. The first-order valence-corrected chi connectivity index (χ1v) is 8.26. The third kappa shape index (κ3) is 4.17. The van der Waals surface area contributed by atoms with Crippen molar-refractivity contribution in [2.24, 2.45) is 0 Å². The van der Waals surface area contributed by atoms with Crippen molar-refractivity contribution in [3.8, 4) is 0 Å². The van der Waals surface area contributed by atoms with Crippen LogP contribution in [0.15, 0.2) is 0 Å². The maximum Gasteiger partial charge on any atom is 0.0645 e. The monoisotopic (exact) mass is 284 g/mol. The van der Waals surface area contributed by atoms with Crippen LogP contribution >= 0.6 is 0 Å². The Hall–Kier alpha value is -0.160. The molecule has 0 spiro atoms. The summed E-state index contributed by atoms with van der Waals surface area (Å²) >= 11 is 0. The van der Waals surface area contributed by atoms with Gasteiger partial charge in [0.25, 0.3) is 0 Å². The van der Waals surface area contributed by atoms with Crippen LogP contribution in [0.1, 0.15) is 40.5 Å². The summed E-state index contributed by atoms with van der Waals surface area (Å²) in [5.41, 5.74) is 0. The second-order valence-corrected chi connectivity index (χ2v) is 6.73. The molecule has 118 valence electrons. The normalized spacial score (nSPS) is 29.7. The van der Waals surface area contributed by atoms with Crippen LogP contribution in [0.4, 0.5) is 0 Å². The van der Waals surface area contributed by atoms with E-state index >= 15 is 0 Å². The molecule has 0 amide bonds. The molecular formula is C16H32N2O2. The zero-order valence-corrected chi connectivity index (χ0v) is 13.7. The fourth-order valence-electron chi connectivity index (χ4n) is 3.55. The first kappa shape index (κ1) is 16.2. The van der Waals surface area contributed by atoms with E-state index in [0.29, 0.717) is 24.2 Å². The van der Waals surface area contributed by atoms with Gasteiger partial charge in [-0.15, -0.1) is 0 Å². The van der Waals surface area contributed by atoms with Crippen molar-refractivity contribution in [3.05, 3.63) is 0 Å². The van der Waals surface area contributed by atoms with Crippen molar-refractivity contribution in [1.82, 2.24) is 9.80 Å². The molecule has 2 rings (SSSR count). The van der Waals surface area contributed by atoms with E-state index in [9.17, 15) is 0 Å². The number of hydrogen-bond donors (Lipinski definition) is 0.